The molecule has 0 aliphatic heterocycles. The van der Waals surface area contributed by atoms with Gasteiger partial charge in [-0.05, 0) is 23.6 Å². The number of carbonyl (C=O) groups is 1. The molecule has 1 atom stereocenters. The summed E-state index contributed by atoms with van der Waals surface area (Å²) in [5, 5.41) is 9.03. The first-order chi connectivity index (χ1) is 8.04. The average molecular weight is 234 g/mol. The first-order valence-electron chi connectivity index (χ1n) is 5.59. The van der Waals surface area contributed by atoms with Gasteiger partial charge in [0.15, 0.2) is 0 Å². The van der Waals surface area contributed by atoms with E-state index in [-0.39, 0.29) is 5.92 Å². The Kier molecular flexibility index (Phi) is 4.76. The van der Waals surface area contributed by atoms with E-state index in [1.807, 2.05) is 44.2 Å². The number of methoxy groups -OCH3 is 1. The van der Waals surface area contributed by atoms with Crippen LogP contribution in [0.25, 0.3) is 6.08 Å². The van der Waals surface area contributed by atoms with E-state index in [4.69, 9.17) is 9.84 Å². The summed E-state index contributed by atoms with van der Waals surface area (Å²) in [6.07, 6.45) is 3.56. The van der Waals surface area contributed by atoms with Gasteiger partial charge < -0.3 is 9.84 Å². The second-order valence-corrected chi connectivity index (χ2v) is 4.24. The van der Waals surface area contributed by atoms with Crippen LogP contribution in [-0.2, 0) is 4.79 Å². The Bertz CT molecular complexity index is 390. The number of carboxylic acids is 1. The maximum atomic E-state index is 11.0. The predicted molar refractivity (Wildman–Crippen MR) is 68.0 cm³/mol. The quantitative estimate of drug-likeness (QED) is 0.851. The van der Waals surface area contributed by atoms with Crippen molar-refractivity contribution in [2.75, 3.05) is 7.11 Å². The van der Waals surface area contributed by atoms with Crippen molar-refractivity contribution in [1.29, 1.82) is 0 Å². The van der Waals surface area contributed by atoms with Crippen LogP contribution in [0.1, 0.15) is 19.4 Å². The molecule has 1 unspecified atom stereocenters. The lowest BCUT2D eigenvalue weighted by Gasteiger charge is -2.10. The molecule has 17 heavy (non-hydrogen) atoms. The van der Waals surface area contributed by atoms with Crippen molar-refractivity contribution in [3.63, 3.8) is 0 Å². The largest absolute Gasteiger partial charge is 0.497 e. The molecule has 0 saturated heterocycles. The molecule has 0 amide bonds. The van der Waals surface area contributed by atoms with Crippen molar-refractivity contribution >= 4 is 12.0 Å². The minimum atomic E-state index is -0.787. The lowest BCUT2D eigenvalue weighted by atomic mass is 9.95. The number of ether oxygens (including phenoxy) is 1. The summed E-state index contributed by atoms with van der Waals surface area (Å²) in [5.74, 6) is -0.357. The average Bonchev–Trinajstić information content (AvgIpc) is 2.29. The molecule has 1 aromatic carbocycles. The highest BCUT2D eigenvalue weighted by molar-refractivity contribution is 5.74. The lowest BCUT2D eigenvalue weighted by Crippen LogP contribution is -2.16. The molecule has 0 fully saturated rings. The number of hydrogen-bond acceptors (Lipinski definition) is 2. The maximum Gasteiger partial charge on any atom is 0.310 e. The van der Waals surface area contributed by atoms with Gasteiger partial charge >= 0.3 is 5.97 Å². The Morgan fingerprint density at radius 2 is 1.88 bits per heavy atom. The Labute approximate surface area is 102 Å². The minimum Gasteiger partial charge on any atom is -0.497 e. The van der Waals surface area contributed by atoms with Crippen LogP contribution >= 0.6 is 0 Å². The van der Waals surface area contributed by atoms with Gasteiger partial charge in [-0.3, -0.25) is 4.79 Å². The first-order valence-corrected chi connectivity index (χ1v) is 5.59. The van der Waals surface area contributed by atoms with E-state index in [1.54, 1.807) is 13.2 Å². The molecule has 0 heterocycles. The molecular formula is C14H18O3. The summed E-state index contributed by atoms with van der Waals surface area (Å²) in [6, 6.07) is 7.50. The third-order valence-corrected chi connectivity index (χ3v) is 2.62. The normalized spacial score (nSPS) is 12.9. The zero-order valence-electron chi connectivity index (χ0n) is 10.4. The molecule has 0 aliphatic rings. The Hall–Kier alpha value is -1.77. The molecular weight excluding hydrogens is 216 g/mol. The van der Waals surface area contributed by atoms with Crippen LogP contribution < -0.4 is 4.74 Å². The number of rotatable bonds is 5. The monoisotopic (exact) mass is 234 g/mol. The van der Waals surface area contributed by atoms with E-state index in [0.29, 0.717) is 0 Å². The third kappa shape index (κ3) is 3.94. The summed E-state index contributed by atoms with van der Waals surface area (Å²) in [6.45, 7) is 3.80. The van der Waals surface area contributed by atoms with Gasteiger partial charge in [0.05, 0.1) is 13.0 Å². The Morgan fingerprint density at radius 1 is 1.29 bits per heavy atom. The molecule has 1 N–H and O–H groups in total. The highest BCUT2D eigenvalue weighted by Gasteiger charge is 2.17. The molecule has 1 rings (SSSR count). The summed E-state index contributed by atoms with van der Waals surface area (Å²) < 4.78 is 5.05. The van der Waals surface area contributed by atoms with Crippen LogP contribution in [0, 0.1) is 11.8 Å². The van der Waals surface area contributed by atoms with Crippen molar-refractivity contribution < 1.29 is 14.6 Å². The summed E-state index contributed by atoms with van der Waals surface area (Å²) in [7, 11) is 1.62. The van der Waals surface area contributed by atoms with Crippen LogP contribution in [0.2, 0.25) is 0 Å². The van der Waals surface area contributed by atoms with Crippen molar-refractivity contribution in [3.05, 3.63) is 35.9 Å². The van der Waals surface area contributed by atoms with Crippen LogP contribution in [0.15, 0.2) is 30.3 Å². The number of carboxylic acid groups (broad SMARTS) is 1. The van der Waals surface area contributed by atoms with Crippen LogP contribution in [-0.4, -0.2) is 18.2 Å². The number of benzene rings is 1. The molecule has 92 valence electrons. The smallest absolute Gasteiger partial charge is 0.310 e. The molecule has 3 nitrogen and oxygen atoms in total. The van der Waals surface area contributed by atoms with E-state index in [0.717, 1.165) is 11.3 Å². The number of hydrogen-bond donors (Lipinski definition) is 1. The second kappa shape index (κ2) is 6.09. The summed E-state index contributed by atoms with van der Waals surface area (Å²) in [5.41, 5.74) is 0.970. The van der Waals surface area contributed by atoms with E-state index >= 15 is 0 Å². The molecule has 0 radical (unpaired) electrons. The van der Waals surface area contributed by atoms with Gasteiger partial charge in [0, 0.05) is 0 Å². The van der Waals surface area contributed by atoms with Crippen LogP contribution in [0.4, 0.5) is 0 Å². The van der Waals surface area contributed by atoms with Gasteiger partial charge in [-0.2, -0.15) is 0 Å². The van der Waals surface area contributed by atoms with Gasteiger partial charge in [-0.1, -0.05) is 38.1 Å². The second-order valence-electron chi connectivity index (χ2n) is 4.24. The molecule has 3 heteroatoms. The highest BCUT2D eigenvalue weighted by atomic mass is 16.5. The van der Waals surface area contributed by atoms with Gasteiger partial charge in [0.25, 0.3) is 0 Å². The molecule has 0 aliphatic carbocycles. The van der Waals surface area contributed by atoms with Crippen molar-refractivity contribution in [1.82, 2.24) is 0 Å². The first kappa shape index (κ1) is 13.3. The summed E-state index contributed by atoms with van der Waals surface area (Å²) >= 11 is 0. The zero-order chi connectivity index (χ0) is 12.8. The van der Waals surface area contributed by atoms with E-state index in [2.05, 4.69) is 0 Å². The van der Waals surface area contributed by atoms with Gasteiger partial charge in [-0.25, -0.2) is 0 Å². The van der Waals surface area contributed by atoms with Gasteiger partial charge in [0.1, 0.15) is 5.75 Å². The molecule has 0 spiro atoms. The Morgan fingerprint density at radius 3 is 2.29 bits per heavy atom. The Balaban J connectivity index is 2.77. The maximum absolute atomic E-state index is 11.0. The SMILES string of the molecule is COc1ccc(/C=C/C(C(=O)O)C(C)C)cc1. The topological polar surface area (TPSA) is 46.5 Å². The van der Waals surface area contributed by atoms with Crippen LogP contribution in [0.3, 0.4) is 0 Å². The zero-order valence-corrected chi connectivity index (χ0v) is 10.4. The van der Waals surface area contributed by atoms with E-state index < -0.39 is 11.9 Å². The standard InChI is InChI=1S/C14H18O3/c1-10(2)13(14(15)16)9-6-11-4-7-12(17-3)8-5-11/h4-10,13H,1-3H3,(H,15,16)/b9-6+. The fourth-order valence-corrected chi connectivity index (χ4v) is 1.52. The third-order valence-electron chi connectivity index (χ3n) is 2.62. The van der Waals surface area contributed by atoms with Crippen LogP contribution in [0.5, 0.6) is 5.75 Å². The predicted octanol–water partition coefficient (Wildman–Crippen LogP) is 3.07. The molecule has 0 bridgehead atoms. The summed E-state index contributed by atoms with van der Waals surface area (Å²) in [4.78, 5) is 11.0. The van der Waals surface area contributed by atoms with Crippen molar-refractivity contribution in [2.24, 2.45) is 11.8 Å². The molecule has 0 saturated carbocycles. The van der Waals surface area contributed by atoms with Gasteiger partial charge in [-0.15, -0.1) is 0 Å². The van der Waals surface area contributed by atoms with Gasteiger partial charge in [0.2, 0.25) is 0 Å². The minimum absolute atomic E-state index is 0.0852. The molecule has 1 aromatic rings. The highest BCUT2D eigenvalue weighted by Crippen LogP contribution is 2.16. The number of aliphatic carboxylic acids is 1. The fourth-order valence-electron chi connectivity index (χ4n) is 1.52. The fraction of sp³-hybridized carbons (Fsp3) is 0.357. The van der Waals surface area contributed by atoms with Crippen molar-refractivity contribution in [3.8, 4) is 5.75 Å². The van der Waals surface area contributed by atoms with E-state index in [9.17, 15) is 4.79 Å². The van der Waals surface area contributed by atoms with Crippen molar-refractivity contribution in [2.45, 2.75) is 13.8 Å². The van der Waals surface area contributed by atoms with E-state index in [1.165, 1.54) is 0 Å². The molecule has 0 aromatic heterocycles. The lowest BCUT2D eigenvalue weighted by molar-refractivity contribution is -0.141.